The number of carbonyl (C=O) groups excluding carboxylic acids is 3. The van der Waals surface area contributed by atoms with Gasteiger partial charge in [0, 0.05) is 11.8 Å². The summed E-state index contributed by atoms with van der Waals surface area (Å²) < 4.78 is 5.53. The normalized spacial score (nSPS) is 25.6. The molecule has 33 heavy (non-hydrogen) atoms. The van der Waals surface area contributed by atoms with Crippen LogP contribution in [0.1, 0.15) is 74.1 Å². The smallest absolute Gasteiger partial charge is 0.329 e. The zero-order chi connectivity index (χ0) is 23.3. The number of benzene rings is 2. The molecule has 4 aliphatic rings. The number of amides is 2. The minimum atomic E-state index is -0.847. The first-order valence-corrected chi connectivity index (χ1v) is 12.2. The summed E-state index contributed by atoms with van der Waals surface area (Å²) in [5.41, 5.74) is 4.55. The molecule has 3 aliphatic carbocycles. The number of unbranched alkanes of at least 4 members (excludes halogenated alkanes) is 1. The maximum absolute atomic E-state index is 13.9. The first-order chi connectivity index (χ1) is 16.0. The number of imide groups is 1. The Morgan fingerprint density at radius 2 is 1.33 bits per heavy atom. The fourth-order valence-corrected chi connectivity index (χ4v) is 6.10. The third-order valence-electron chi connectivity index (χ3n) is 7.46. The Labute approximate surface area is 195 Å². The number of carbonyl (C=O) groups is 3. The highest BCUT2D eigenvalue weighted by Crippen LogP contribution is 2.61. The Morgan fingerprint density at radius 1 is 0.879 bits per heavy atom. The molecule has 2 aromatic carbocycles. The number of likely N-dealkylation sites (tertiary alicyclic amines) is 1. The lowest BCUT2D eigenvalue weighted by molar-refractivity contribution is -0.160. The highest BCUT2D eigenvalue weighted by molar-refractivity contribution is 6.10. The van der Waals surface area contributed by atoms with Gasteiger partial charge in [-0.15, -0.1) is 0 Å². The Morgan fingerprint density at radius 3 is 1.73 bits per heavy atom. The summed E-state index contributed by atoms with van der Waals surface area (Å²) in [5, 5.41) is 0. The van der Waals surface area contributed by atoms with Gasteiger partial charge >= 0.3 is 5.97 Å². The van der Waals surface area contributed by atoms with Gasteiger partial charge in [0.1, 0.15) is 6.04 Å². The van der Waals surface area contributed by atoms with Crippen LogP contribution in [0.4, 0.5) is 0 Å². The van der Waals surface area contributed by atoms with Crippen LogP contribution in [0.3, 0.4) is 0 Å². The van der Waals surface area contributed by atoms with Crippen molar-refractivity contribution in [3.05, 3.63) is 70.8 Å². The molecule has 2 aromatic rings. The molecule has 172 valence electrons. The van der Waals surface area contributed by atoms with E-state index in [9.17, 15) is 14.4 Å². The van der Waals surface area contributed by atoms with Crippen molar-refractivity contribution in [2.75, 3.05) is 6.61 Å². The lowest BCUT2D eigenvalue weighted by Gasteiger charge is -2.45. The highest BCUT2D eigenvalue weighted by Gasteiger charge is 2.63. The first-order valence-electron chi connectivity index (χ1n) is 12.2. The van der Waals surface area contributed by atoms with E-state index in [1.807, 2.05) is 45.0 Å². The molecular weight excluding hydrogens is 414 g/mol. The van der Waals surface area contributed by atoms with Crippen LogP contribution >= 0.6 is 0 Å². The van der Waals surface area contributed by atoms with Crippen LogP contribution in [0, 0.1) is 17.8 Å². The van der Waals surface area contributed by atoms with Crippen LogP contribution in [0.2, 0.25) is 0 Å². The molecule has 0 aromatic heterocycles. The second-order valence-electron chi connectivity index (χ2n) is 9.99. The standard InChI is InChI=1S/C28H31NO4/c1-4-5-14-21(28(32)33-15-16(2)3)29-26(30)24-22-17-10-6-7-11-18(17)23(25(24)27(29)31)20-13-9-8-12-19(20)22/h6-13,16,21-25H,4-5,14-15H2,1-3H3. The number of ether oxygens (including phenoxy) is 1. The lowest BCUT2D eigenvalue weighted by atomic mass is 9.55. The first kappa shape index (κ1) is 21.9. The summed E-state index contributed by atoms with van der Waals surface area (Å²) in [7, 11) is 0. The molecule has 0 spiro atoms. The molecule has 0 saturated carbocycles. The van der Waals surface area contributed by atoms with E-state index in [1.54, 1.807) is 0 Å². The third-order valence-corrected chi connectivity index (χ3v) is 7.46. The molecule has 0 radical (unpaired) electrons. The number of nitrogens with zero attached hydrogens (tertiary/aromatic N) is 1. The predicted molar refractivity (Wildman–Crippen MR) is 125 cm³/mol. The molecule has 5 nitrogen and oxygen atoms in total. The summed E-state index contributed by atoms with van der Waals surface area (Å²) in [6.45, 7) is 6.27. The van der Waals surface area contributed by atoms with Crippen molar-refractivity contribution in [1.82, 2.24) is 4.90 Å². The van der Waals surface area contributed by atoms with Gasteiger partial charge in [0.2, 0.25) is 11.8 Å². The molecule has 0 N–H and O–H groups in total. The molecule has 6 rings (SSSR count). The van der Waals surface area contributed by atoms with E-state index >= 15 is 0 Å². The van der Waals surface area contributed by atoms with Crippen LogP contribution in [0.5, 0.6) is 0 Å². The van der Waals surface area contributed by atoms with E-state index in [2.05, 4.69) is 24.3 Å². The molecule has 1 saturated heterocycles. The van der Waals surface area contributed by atoms with Gasteiger partial charge < -0.3 is 4.74 Å². The second kappa shape index (κ2) is 8.44. The maximum atomic E-state index is 13.9. The maximum Gasteiger partial charge on any atom is 0.329 e. The van der Waals surface area contributed by atoms with Crippen LogP contribution in [0.15, 0.2) is 48.5 Å². The number of hydrogen-bond donors (Lipinski definition) is 0. The summed E-state index contributed by atoms with van der Waals surface area (Å²) in [6, 6.07) is 15.5. The number of rotatable bonds is 7. The summed E-state index contributed by atoms with van der Waals surface area (Å²) in [6.07, 6.45) is 2.07. The molecule has 5 heteroatoms. The Bertz CT molecular complexity index is 991. The molecule has 1 heterocycles. The molecular formula is C28H31NO4. The lowest BCUT2D eigenvalue weighted by Crippen LogP contribution is -2.46. The van der Waals surface area contributed by atoms with Gasteiger partial charge in [0.15, 0.2) is 0 Å². The van der Waals surface area contributed by atoms with Crippen molar-refractivity contribution in [1.29, 1.82) is 0 Å². The van der Waals surface area contributed by atoms with Crippen LogP contribution < -0.4 is 0 Å². The summed E-state index contributed by atoms with van der Waals surface area (Å²) in [4.78, 5) is 42.2. The van der Waals surface area contributed by atoms with Gasteiger partial charge in [0.05, 0.1) is 18.4 Å². The zero-order valence-corrected chi connectivity index (χ0v) is 19.5. The highest BCUT2D eigenvalue weighted by atomic mass is 16.5. The van der Waals surface area contributed by atoms with Crippen LogP contribution in [-0.4, -0.2) is 35.3 Å². The van der Waals surface area contributed by atoms with Crippen molar-refractivity contribution in [2.24, 2.45) is 17.8 Å². The fourth-order valence-electron chi connectivity index (χ4n) is 6.10. The van der Waals surface area contributed by atoms with E-state index in [0.717, 1.165) is 35.1 Å². The van der Waals surface area contributed by atoms with E-state index in [1.165, 1.54) is 4.90 Å². The van der Waals surface area contributed by atoms with Crippen molar-refractivity contribution in [3.8, 4) is 0 Å². The quantitative estimate of drug-likeness (QED) is 0.460. The minimum Gasteiger partial charge on any atom is -0.464 e. The average Bonchev–Trinajstić information content (AvgIpc) is 3.09. The number of hydrogen-bond acceptors (Lipinski definition) is 4. The number of esters is 1. The summed E-state index contributed by atoms with van der Waals surface area (Å²) in [5.74, 6) is -1.95. The van der Waals surface area contributed by atoms with Gasteiger partial charge in [-0.1, -0.05) is 82.1 Å². The molecule has 1 aliphatic heterocycles. The van der Waals surface area contributed by atoms with E-state index < -0.39 is 23.8 Å². The Kier molecular flexibility index (Phi) is 5.59. The van der Waals surface area contributed by atoms with Gasteiger partial charge in [-0.2, -0.15) is 0 Å². The van der Waals surface area contributed by atoms with Crippen LogP contribution in [-0.2, 0) is 19.1 Å². The van der Waals surface area contributed by atoms with E-state index in [4.69, 9.17) is 4.74 Å². The van der Waals surface area contributed by atoms with E-state index in [-0.39, 0.29) is 36.2 Å². The molecule has 3 unspecified atom stereocenters. The minimum absolute atomic E-state index is 0.160. The van der Waals surface area contributed by atoms with Crippen molar-refractivity contribution in [3.63, 3.8) is 0 Å². The topological polar surface area (TPSA) is 63.7 Å². The third kappa shape index (κ3) is 3.32. The zero-order valence-electron chi connectivity index (χ0n) is 19.5. The average molecular weight is 446 g/mol. The molecule has 1 fully saturated rings. The van der Waals surface area contributed by atoms with Crippen molar-refractivity contribution in [2.45, 2.75) is 57.9 Å². The van der Waals surface area contributed by atoms with Gasteiger partial charge in [0.25, 0.3) is 0 Å². The van der Waals surface area contributed by atoms with E-state index in [0.29, 0.717) is 6.42 Å². The Hall–Kier alpha value is -2.95. The van der Waals surface area contributed by atoms with Crippen molar-refractivity contribution >= 4 is 17.8 Å². The largest absolute Gasteiger partial charge is 0.464 e. The van der Waals surface area contributed by atoms with Gasteiger partial charge in [-0.05, 0) is 34.6 Å². The van der Waals surface area contributed by atoms with Gasteiger partial charge in [-0.3, -0.25) is 14.5 Å². The molecule has 2 bridgehead atoms. The van der Waals surface area contributed by atoms with Gasteiger partial charge in [-0.25, -0.2) is 4.79 Å². The predicted octanol–water partition coefficient (Wildman–Crippen LogP) is 4.64. The monoisotopic (exact) mass is 445 g/mol. The molecule has 3 atom stereocenters. The Balaban J connectivity index is 1.56. The van der Waals surface area contributed by atoms with Crippen LogP contribution in [0.25, 0.3) is 0 Å². The molecule has 2 amide bonds. The fraction of sp³-hybridized carbons (Fsp3) is 0.464. The second-order valence-corrected chi connectivity index (χ2v) is 9.99. The van der Waals surface area contributed by atoms with Crippen molar-refractivity contribution < 1.29 is 19.1 Å². The summed E-state index contributed by atoms with van der Waals surface area (Å²) >= 11 is 0. The SMILES string of the molecule is CCCCC(C(=O)OCC(C)C)N1C(=O)C2C3c4ccccc4C(c4ccccc43)C2C1=O.